The summed E-state index contributed by atoms with van der Waals surface area (Å²) >= 11 is 4.82. The van der Waals surface area contributed by atoms with Gasteiger partial charge in [0, 0.05) is 13.0 Å². The smallest absolute Gasteiger partial charge is 0.261 e. The Morgan fingerprint density at radius 2 is 2.47 bits per heavy atom. The van der Waals surface area contributed by atoms with Gasteiger partial charge in [0.25, 0.3) is 5.91 Å². The van der Waals surface area contributed by atoms with E-state index in [9.17, 15) is 4.79 Å². The number of hydrogen-bond acceptors (Lipinski definition) is 5. The number of rotatable bonds is 4. The first kappa shape index (κ1) is 12.3. The summed E-state index contributed by atoms with van der Waals surface area (Å²) in [5.74, 6) is 0.515. The molecular formula is C10H10BrN3O2S. The highest BCUT2D eigenvalue weighted by atomic mass is 79.9. The Kier molecular flexibility index (Phi) is 3.90. The molecule has 0 radical (unpaired) electrons. The fraction of sp³-hybridized carbons (Fsp3) is 0.300. The van der Waals surface area contributed by atoms with Crippen molar-refractivity contribution >= 4 is 33.2 Å². The SMILES string of the molecule is Cc1cc(C(=O)NCCc2ncon2)sc1Br. The molecule has 0 bridgehead atoms. The first-order valence-electron chi connectivity index (χ1n) is 4.96. The van der Waals surface area contributed by atoms with Crippen molar-refractivity contribution in [2.75, 3.05) is 6.54 Å². The Bertz CT molecular complexity index is 490. The quantitative estimate of drug-likeness (QED) is 0.939. The van der Waals surface area contributed by atoms with Gasteiger partial charge in [0.1, 0.15) is 0 Å². The van der Waals surface area contributed by atoms with E-state index in [4.69, 9.17) is 0 Å². The first-order valence-corrected chi connectivity index (χ1v) is 6.57. The van der Waals surface area contributed by atoms with Gasteiger partial charge < -0.3 is 9.84 Å². The van der Waals surface area contributed by atoms with Crippen LogP contribution in [0.25, 0.3) is 0 Å². The van der Waals surface area contributed by atoms with Crippen LogP contribution in [0.15, 0.2) is 20.8 Å². The lowest BCUT2D eigenvalue weighted by molar-refractivity contribution is 0.0958. The molecule has 0 atom stereocenters. The van der Waals surface area contributed by atoms with Crippen LogP contribution in [0.2, 0.25) is 0 Å². The minimum absolute atomic E-state index is 0.0766. The van der Waals surface area contributed by atoms with E-state index >= 15 is 0 Å². The van der Waals surface area contributed by atoms with Crippen molar-refractivity contribution in [1.82, 2.24) is 15.5 Å². The van der Waals surface area contributed by atoms with Crippen LogP contribution in [-0.2, 0) is 6.42 Å². The number of carbonyl (C=O) groups excluding carboxylic acids is 1. The molecule has 0 spiro atoms. The molecule has 1 amide bonds. The number of nitrogens with zero attached hydrogens (tertiary/aromatic N) is 2. The van der Waals surface area contributed by atoms with E-state index in [0.717, 1.165) is 9.35 Å². The third kappa shape index (κ3) is 3.13. The Balaban J connectivity index is 1.85. The molecule has 0 aliphatic carbocycles. The topological polar surface area (TPSA) is 68.0 Å². The molecule has 90 valence electrons. The molecule has 2 aromatic rings. The molecule has 0 fully saturated rings. The molecule has 17 heavy (non-hydrogen) atoms. The second-order valence-corrected chi connectivity index (χ2v) is 5.79. The molecule has 7 heteroatoms. The van der Waals surface area contributed by atoms with E-state index in [2.05, 4.69) is 35.9 Å². The maximum atomic E-state index is 11.8. The van der Waals surface area contributed by atoms with Crippen LogP contribution in [0, 0.1) is 6.92 Å². The van der Waals surface area contributed by atoms with Crippen LogP contribution in [-0.4, -0.2) is 22.6 Å². The Labute approximate surface area is 110 Å². The highest BCUT2D eigenvalue weighted by molar-refractivity contribution is 9.11. The van der Waals surface area contributed by atoms with Gasteiger partial charge in [-0.15, -0.1) is 11.3 Å². The molecular weight excluding hydrogens is 306 g/mol. The average molecular weight is 316 g/mol. The third-order valence-corrected chi connectivity index (χ3v) is 4.26. The van der Waals surface area contributed by atoms with Gasteiger partial charge in [-0.25, -0.2) is 0 Å². The minimum Gasteiger partial charge on any atom is -0.351 e. The van der Waals surface area contributed by atoms with Crippen molar-refractivity contribution in [3.63, 3.8) is 0 Å². The van der Waals surface area contributed by atoms with Crippen LogP contribution in [0.4, 0.5) is 0 Å². The largest absolute Gasteiger partial charge is 0.351 e. The number of nitrogens with one attached hydrogen (secondary N) is 1. The summed E-state index contributed by atoms with van der Waals surface area (Å²) in [6.45, 7) is 2.45. The average Bonchev–Trinajstić information content (AvgIpc) is 2.90. The van der Waals surface area contributed by atoms with Gasteiger partial charge in [-0.1, -0.05) is 5.16 Å². The zero-order valence-corrected chi connectivity index (χ0v) is 11.5. The maximum absolute atomic E-state index is 11.8. The fourth-order valence-electron chi connectivity index (χ4n) is 1.25. The Morgan fingerprint density at radius 1 is 1.65 bits per heavy atom. The first-order chi connectivity index (χ1) is 8.16. The summed E-state index contributed by atoms with van der Waals surface area (Å²) in [6.07, 6.45) is 1.84. The standard InChI is InChI=1S/C10H10BrN3O2S/c1-6-4-7(17-9(6)11)10(15)12-3-2-8-13-5-16-14-8/h4-5H,2-3H2,1H3,(H,12,15). The molecule has 1 N–H and O–H groups in total. The number of aromatic nitrogens is 2. The molecule has 2 aromatic heterocycles. The molecule has 0 saturated carbocycles. The van der Waals surface area contributed by atoms with E-state index in [1.165, 1.54) is 17.7 Å². The monoisotopic (exact) mass is 315 g/mol. The maximum Gasteiger partial charge on any atom is 0.261 e. The number of carbonyl (C=O) groups is 1. The third-order valence-electron chi connectivity index (χ3n) is 2.12. The molecule has 2 rings (SSSR count). The van der Waals surface area contributed by atoms with Crippen molar-refractivity contribution < 1.29 is 9.32 Å². The second kappa shape index (κ2) is 5.42. The highest BCUT2D eigenvalue weighted by Gasteiger charge is 2.10. The molecule has 0 unspecified atom stereocenters. The van der Waals surface area contributed by atoms with Crippen molar-refractivity contribution in [3.8, 4) is 0 Å². The van der Waals surface area contributed by atoms with Gasteiger partial charge in [-0.3, -0.25) is 4.79 Å². The Morgan fingerprint density at radius 3 is 3.06 bits per heavy atom. The predicted molar refractivity (Wildman–Crippen MR) is 67.1 cm³/mol. The highest BCUT2D eigenvalue weighted by Crippen LogP contribution is 2.27. The number of halogens is 1. The van der Waals surface area contributed by atoms with Gasteiger partial charge in [0.05, 0.1) is 8.66 Å². The molecule has 0 saturated heterocycles. The van der Waals surface area contributed by atoms with Gasteiger partial charge >= 0.3 is 0 Å². The zero-order chi connectivity index (χ0) is 12.3. The molecule has 5 nitrogen and oxygen atoms in total. The molecule has 0 aromatic carbocycles. The van der Waals surface area contributed by atoms with E-state index in [0.29, 0.717) is 23.7 Å². The van der Waals surface area contributed by atoms with E-state index < -0.39 is 0 Å². The van der Waals surface area contributed by atoms with Crippen molar-refractivity contribution in [3.05, 3.63) is 32.5 Å². The summed E-state index contributed by atoms with van der Waals surface area (Å²) in [5.41, 5.74) is 1.07. The summed E-state index contributed by atoms with van der Waals surface area (Å²) in [7, 11) is 0. The van der Waals surface area contributed by atoms with Crippen molar-refractivity contribution in [2.45, 2.75) is 13.3 Å². The van der Waals surface area contributed by atoms with Gasteiger partial charge in [0.15, 0.2) is 5.82 Å². The number of thiophene rings is 1. The number of hydrogen-bond donors (Lipinski definition) is 1. The van der Waals surface area contributed by atoms with Crippen LogP contribution < -0.4 is 5.32 Å². The van der Waals surface area contributed by atoms with Gasteiger partial charge in [-0.2, -0.15) is 4.98 Å². The Hall–Kier alpha value is -1.21. The van der Waals surface area contributed by atoms with Gasteiger partial charge in [-0.05, 0) is 34.5 Å². The minimum atomic E-state index is -0.0766. The number of aryl methyl sites for hydroxylation is 1. The molecule has 0 aliphatic rings. The summed E-state index contributed by atoms with van der Waals surface area (Å²) in [5, 5.41) is 6.47. The van der Waals surface area contributed by atoms with E-state index in [-0.39, 0.29) is 5.91 Å². The fourth-order valence-corrected chi connectivity index (χ4v) is 2.70. The summed E-state index contributed by atoms with van der Waals surface area (Å²) < 4.78 is 5.58. The molecule has 0 aliphatic heterocycles. The van der Waals surface area contributed by atoms with E-state index in [1.807, 2.05) is 13.0 Å². The van der Waals surface area contributed by atoms with Crippen molar-refractivity contribution in [1.29, 1.82) is 0 Å². The summed E-state index contributed by atoms with van der Waals surface area (Å²) in [4.78, 5) is 16.3. The van der Waals surface area contributed by atoms with Crippen LogP contribution in [0.1, 0.15) is 21.1 Å². The van der Waals surface area contributed by atoms with Crippen LogP contribution in [0.3, 0.4) is 0 Å². The second-order valence-electron chi connectivity index (χ2n) is 3.42. The lowest BCUT2D eigenvalue weighted by Gasteiger charge is -2.00. The van der Waals surface area contributed by atoms with Crippen LogP contribution in [0.5, 0.6) is 0 Å². The van der Waals surface area contributed by atoms with Gasteiger partial charge in [0.2, 0.25) is 6.39 Å². The number of amides is 1. The van der Waals surface area contributed by atoms with Crippen molar-refractivity contribution in [2.24, 2.45) is 0 Å². The lowest BCUT2D eigenvalue weighted by atomic mass is 10.3. The van der Waals surface area contributed by atoms with Crippen LogP contribution >= 0.6 is 27.3 Å². The predicted octanol–water partition coefficient (Wildman–Crippen LogP) is 2.17. The lowest BCUT2D eigenvalue weighted by Crippen LogP contribution is -2.25. The summed E-state index contributed by atoms with van der Waals surface area (Å²) in [6, 6.07) is 1.86. The zero-order valence-electron chi connectivity index (χ0n) is 9.07. The molecule has 2 heterocycles. The normalized spacial score (nSPS) is 10.5. The van der Waals surface area contributed by atoms with E-state index in [1.54, 1.807) is 0 Å².